The Labute approximate surface area is 90.8 Å². The molecule has 0 aromatic heterocycles. The molecule has 0 fully saturated rings. The summed E-state index contributed by atoms with van der Waals surface area (Å²) in [6.45, 7) is 6.44. The Bertz CT molecular complexity index is 453. The summed E-state index contributed by atoms with van der Waals surface area (Å²) in [7, 11) is 0. The van der Waals surface area contributed by atoms with Crippen LogP contribution < -0.4 is 0 Å². The van der Waals surface area contributed by atoms with Crippen LogP contribution >= 0.6 is 0 Å². The highest BCUT2D eigenvalue weighted by Crippen LogP contribution is 2.39. The van der Waals surface area contributed by atoms with Gasteiger partial charge in [0.25, 0.3) is 0 Å². The highest BCUT2D eigenvalue weighted by atomic mass is 16.1. The fourth-order valence-electron chi connectivity index (χ4n) is 2.49. The van der Waals surface area contributed by atoms with Crippen molar-refractivity contribution in [1.29, 1.82) is 0 Å². The molecule has 0 radical (unpaired) electrons. The van der Waals surface area contributed by atoms with Crippen LogP contribution in [0.4, 0.5) is 0 Å². The highest BCUT2D eigenvalue weighted by Gasteiger charge is 2.32. The first kappa shape index (κ1) is 10.2. The summed E-state index contributed by atoms with van der Waals surface area (Å²) in [5.74, 6) is 1.94. The van der Waals surface area contributed by atoms with E-state index in [1.165, 1.54) is 22.3 Å². The number of hydrogen-bond donors (Lipinski definition) is 0. The van der Waals surface area contributed by atoms with Gasteiger partial charge >= 0.3 is 0 Å². The van der Waals surface area contributed by atoms with Gasteiger partial charge < -0.3 is 0 Å². The van der Waals surface area contributed by atoms with Crippen molar-refractivity contribution in [2.75, 3.05) is 0 Å². The van der Waals surface area contributed by atoms with Gasteiger partial charge in [0.1, 0.15) is 5.94 Å². The Kier molecular flexibility index (Phi) is 2.28. The smallest absolute Gasteiger partial charge is 0.120 e. The molecule has 1 unspecified atom stereocenters. The Morgan fingerprint density at radius 3 is 2.73 bits per heavy atom. The Hall–Kier alpha value is -1.33. The number of allylic oxidation sites excluding steroid dienone is 1. The minimum absolute atomic E-state index is 0.0113. The first-order chi connectivity index (χ1) is 7.06. The number of fused-ring (bicyclic) bond motifs is 1. The Morgan fingerprint density at radius 2 is 2.07 bits per heavy atom. The minimum atomic E-state index is -0.0113. The molecule has 0 N–H and O–H groups in total. The molecule has 0 heterocycles. The van der Waals surface area contributed by atoms with Crippen molar-refractivity contribution in [3.05, 3.63) is 40.5 Å². The van der Waals surface area contributed by atoms with Crippen LogP contribution in [0, 0.1) is 19.3 Å². The van der Waals surface area contributed by atoms with Gasteiger partial charge in [0.05, 0.1) is 0 Å². The summed E-state index contributed by atoms with van der Waals surface area (Å²) in [4.78, 5) is 10.5. The van der Waals surface area contributed by atoms with Crippen LogP contribution in [-0.2, 0) is 17.6 Å². The molecule has 78 valence electrons. The fraction of sp³-hybridized carbons (Fsp3) is 0.429. The molecule has 0 saturated carbocycles. The predicted molar refractivity (Wildman–Crippen MR) is 61.7 cm³/mol. The van der Waals surface area contributed by atoms with Gasteiger partial charge in [-0.25, -0.2) is 4.79 Å². The van der Waals surface area contributed by atoms with E-state index in [1.807, 2.05) is 5.94 Å². The van der Waals surface area contributed by atoms with Crippen molar-refractivity contribution in [3.63, 3.8) is 0 Å². The topological polar surface area (TPSA) is 17.1 Å². The summed E-state index contributed by atoms with van der Waals surface area (Å²) >= 11 is 0. The van der Waals surface area contributed by atoms with Gasteiger partial charge in [-0.15, -0.1) is 0 Å². The molecule has 1 heteroatoms. The SMILES string of the molecule is Cc1ccc2c(c1C)CC(C)(C=C=O)C2. The van der Waals surface area contributed by atoms with Crippen molar-refractivity contribution in [1.82, 2.24) is 0 Å². The minimum Gasteiger partial charge on any atom is -0.234 e. The van der Waals surface area contributed by atoms with Crippen LogP contribution in [0.15, 0.2) is 18.2 Å². The molecular formula is C14H16O. The Balaban J connectivity index is 2.47. The standard InChI is InChI=1S/C14H16O/c1-10-4-5-12-8-14(3,6-7-15)9-13(12)11(10)2/h4-6H,8-9H2,1-3H3. The van der Waals surface area contributed by atoms with Crippen molar-refractivity contribution in [2.45, 2.75) is 33.6 Å². The van der Waals surface area contributed by atoms with E-state index in [4.69, 9.17) is 0 Å². The lowest BCUT2D eigenvalue weighted by atomic mass is 9.87. The predicted octanol–water partition coefficient (Wildman–Crippen LogP) is 2.80. The van der Waals surface area contributed by atoms with Gasteiger partial charge in [-0.3, -0.25) is 0 Å². The second-order valence-corrected chi connectivity index (χ2v) is 4.91. The average molecular weight is 200 g/mol. The van der Waals surface area contributed by atoms with Gasteiger partial charge in [0, 0.05) is 11.5 Å². The van der Waals surface area contributed by atoms with E-state index < -0.39 is 0 Å². The molecule has 0 saturated heterocycles. The van der Waals surface area contributed by atoms with E-state index in [1.54, 1.807) is 6.08 Å². The van der Waals surface area contributed by atoms with Crippen LogP contribution in [0.5, 0.6) is 0 Å². The molecule has 1 aromatic carbocycles. The molecule has 1 atom stereocenters. The van der Waals surface area contributed by atoms with E-state index in [2.05, 4.69) is 32.9 Å². The lowest BCUT2D eigenvalue weighted by Crippen LogP contribution is -2.12. The lowest BCUT2D eigenvalue weighted by Gasteiger charge is -2.15. The zero-order valence-electron chi connectivity index (χ0n) is 9.55. The molecule has 0 spiro atoms. The molecule has 1 nitrogen and oxygen atoms in total. The molecule has 0 bridgehead atoms. The molecular weight excluding hydrogens is 184 g/mol. The van der Waals surface area contributed by atoms with E-state index >= 15 is 0 Å². The van der Waals surface area contributed by atoms with E-state index in [0.717, 1.165) is 12.8 Å². The second-order valence-electron chi connectivity index (χ2n) is 4.91. The summed E-state index contributed by atoms with van der Waals surface area (Å²) < 4.78 is 0. The molecule has 2 rings (SSSR count). The maximum Gasteiger partial charge on any atom is 0.120 e. The summed E-state index contributed by atoms with van der Waals surface area (Å²) in [6.07, 6.45) is 3.63. The molecule has 1 aliphatic carbocycles. The normalized spacial score (nSPS) is 23.4. The third-order valence-corrected chi connectivity index (χ3v) is 3.55. The Morgan fingerprint density at radius 1 is 1.33 bits per heavy atom. The summed E-state index contributed by atoms with van der Waals surface area (Å²) in [5, 5.41) is 0. The van der Waals surface area contributed by atoms with Gasteiger partial charge in [-0.05, 0) is 48.9 Å². The van der Waals surface area contributed by atoms with Crippen molar-refractivity contribution in [2.24, 2.45) is 5.41 Å². The third-order valence-electron chi connectivity index (χ3n) is 3.55. The van der Waals surface area contributed by atoms with E-state index in [9.17, 15) is 4.79 Å². The maximum absolute atomic E-state index is 10.5. The second kappa shape index (κ2) is 3.36. The average Bonchev–Trinajstić information content (AvgIpc) is 2.50. The summed E-state index contributed by atoms with van der Waals surface area (Å²) in [6, 6.07) is 4.37. The van der Waals surface area contributed by atoms with Crippen LogP contribution in [0.2, 0.25) is 0 Å². The molecule has 1 aliphatic rings. The van der Waals surface area contributed by atoms with Crippen LogP contribution in [0.1, 0.15) is 29.2 Å². The van der Waals surface area contributed by atoms with Gasteiger partial charge in [-0.1, -0.05) is 19.1 Å². The first-order valence-electron chi connectivity index (χ1n) is 5.36. The van der Waals surface area contributed by atoms with E-state index in [-0.39, 0.29) is 5.41 Å². The maximum atomic E-state index is 10.5. The number of aryl methyl sites for hydroxylation is 1. The number of rotatable bonds is 1. The largest absolute Gasteiger partial charge is 0.234 e. The van der Waals surface area contributed by atoms with Crippen LogP contribution in [0.3, 0.4) is 0 Å². The van der Waals surface area contributed by atoms with Crippen molar-refractivity contribution < 1.29 is 4.79 Å². The fourth-order valence-corrected chi connectivity index (χ4v) is 2.49. The van der Waals surface area contributed by atoms with E-state index in [0.29, 0.717) is 0 Å². The molecule has 0 aliphatic heterocycles. The van der Waals surface area contributed by atoms with Crippen molar-refractivity contribution >= 4 is 5.94 Å². The lowest BCUT2D eigenvalue weighted by molar-refractivity contribution is 0.456. The van der Waals surface area contributed by atoms with Gasteiger partial charge in [0.2, 0.25) is 0 Å². The van der Waals surface area contributed by atoms with Crippen LogP contribution in [0.25, 0.3) is 0 Å². The zero-order valence-corrected chi connectivity index (χ0v) is 9.55. The third kappa shape index (κ3) is 1.64. The molecule has 0 amide bonds. The van der Waals surface area contributed by atoms with Gasteiger partial charge in [0.15, 0.2) is 0 Å². The summed E-state index contributed by atoms with van der Waals surface area (Å²) in [5.41, 5.74) is 5.54. The number of carbonyl (C=O) groups excluding carboxylic acids is 1. The monoisotopic (exact) mass is 200 g/mol. The zero-order chi connectivity index (χ0) is 11.1. The first-order valence-corrected chi connectivity index (χ1v) is 5.36. The number of benzene rings is 1. The quantitative estimate of drug-likeness (QED) is 0.637. The number of hydrogen-bond acceptors (Lipinski definition) is 1. The van der Waals surface area contributed by atoms with Crippen LogP contribution in [-0.4, -0.2) is 5.94 Å². The highest BCUT2D eigenvalue weighted by molar-refractivity contribution is 5.51. The van der Waals surface area contributed by atoms with Crippen molar-refractivity contribution in [3.8, 4) is 0 Å². The van der Waals surface area contributed by atoms with Gasteiger partial charge in [-0.2, -0.15) is 0 Å². The molecule has 1 aromatic rings. The molecule has 15 heavy (non-hydrogen) atoms.